The van der Waals surface area contributed by atoms with Gasteiger partial charge in [0.2, 0.25) is 0 Å². The number of aromatic nitrogens is 2. The van der Waals surface area contributed by atoms with Gasteiger partial charge in [0.25, 0.3) is 0 Å². The van der Waals surface area contributed by atoms with E-state index in [1.54, 1.807) is 0 Å². The predicted molar refractivity (Wildman–Crippen MR) is 79.6 cm³/mol. The smallest absolute Gasteiger partial charge is 0.119 e. The second-order valence-electron chi connectivity index (χ2n) is 4.62. The van der Waals surface area contributed by atoms with Gasteiger partial charge < -0.3 is 10.5 Å². The van der Waals surface area contributed by atoms with Crippen molar-refractivity contribution in [3.8, 4) is 5.75 Å². The van der Waals surface area contributed by atoms with Crippen LogP contribution in [0, 0.1) is 0 Å². The first-order chi connectivity index (χ1) is 9.86. The highest BCUT2D eigenvalue weighted by Gasteiger charge is 2.01. The van der Waals surface area contributed by atoms with E-state index in [9.17, 15) is 0 Å². The van der Waals surface area contributed by atoms with Crippen LogP contribution in [-0.2, 0) is 13.1 Å². The van der Waals surface area contributed by atoms with Crippen LogP contribution in [0.3, 0.4) is 0 Å². The van der Waals surface area contributed by atoms with Crippen LogP contribution in [0.2, 0.25) is 0 Å². The number of fused-ring (bicyclic) bond motifs is 1. The zero-order chi connectivity index (χ0) is 13.8. The minimum absolute atomic E-state index is 0.555. The van der Waals surface area contributed by atoms with Gasteiger partial charge in [-0.1, -0.05) is 30.3 Å². The average molecular weight is 267 g/mol. The Kier molecular flexibility index (Phi) is 3.65. The molecule has 3 rings (SSSR count). The molecular formula is C16H17N3O. The second-order valence-corrected chi connectivity index (χ2v) is 4.62. The van der Waals surface area contributed by atoms with Gasteiger partial charge in [0.05, 0.1) is 18.3 Å². The van der Waals surface area contributed by atoms with Crippen molar-refractivity contribution in [1.82, 2.24) is 9.78 Å². The monoisotopic (exact) mass is 267 g/mol. The molecule has 0 bridgehead atoms. The Morgan fingerprint density at radius 2 is 1.85 bits per heavy atom. The molecule has 0 unspecified atom stereocenters. The highest BCUT2D eigenvalue weighted by molar-refractivity contribution is 5.78. The lowest BCUT2D eigenvalue weighted by Crippen LogP contribution is -2.09. The topological polar surface area (TPSA) is 53.1 Å². The maximum atomic E-state index is 5.73. The van der Waals surface area contributed by atoms with Crippen molar-refractivity contribution in [3.05, 3.63) is 60.3 Å². The van der Waals surface area contributed by atoms with Gasteiger partial charge in [-0.25, -0.2) is 0 Å². The molecule has 0 amide bonds. The lowest BCUT2D eigenvalue weighted by atomic mass is 10.2. The molecule has 1 heterocycles. The number of para-hydroxylation sites is 1. The van der Waals surface area contributed by atoms with E-state index in [-0.39, 0.29) is 0 Å². The number of hydrogen-bond donors (Lipinski definition) is 1. The third-order valence-electron chi connectivity index (χ3n) is 3.28. The van der Waals surface area contributed by atoms with Crippen molar-refractivity contribution in [2.75, 3.05) is 6.61 Å². The zero-order valence-corrected chi connectivity index (χ0v) is 11.2. The minimum Gasteiger partial charge on any atom is -0.492 e. The van der Waals surface area contributed by atoms with Crippen LogP contribution in [0.25, 0.3) is 10.9 Å². The van der Waals surface area contributed by atoms with Crippen LogP contribution in [0.1, 0.15) is 5.56 Å². The summed E-state index contributed by atoms with van der Waals surface area (Å²) in [5.74, 6) is 0.860. The fourth-order valence-corrected chi connectivity index (χ4v) is 2.18. The molecule has 0 atom stereocenters. The summed E-state index contributed by atoms with van der Waals surface area (Å²) in [7, 11) is 0. The van der Waals surface area contributed by atoms with Gasteiger partial charge >= 0.3 is 0 Å². The summed E-state index contributed by atoms with van der Waals surface area (Å²) in [5, 5.41) is 5.53. The Bertz CT molecular complexity index is 688. The van der Waals surface area contributed by atoms with E-state index in [4.69, 9.17) is 10.5 Å². The largest absolute Gasteiger partial charge is 0.492 e. The third kappa shape index (κ3) is 2.65. The molecular weight excluding hydrogens is 250 g/mol. The molecule has 0 radical (unpaired) electrons. The standard InChI is InChI=1S/C16H17N3O/c17-11-13-5-7-15(8-6-13)20-10-9-19-16-4-2-1-3-14(16)12-18-19/h1-8,12H,9-11,17H2. The Morgan fingerprint density at radius 1 is 1.05 bits per heavy atom. The van der Waals surface area contributed by atoms with E-state index >= 15 is 0 Å². The summed E-state index contributed by atoms with van der Waals surface area (Å²) >= 11 is 0. The van der Waals surface area contributed by atoms with Crippen molar-refractivity contribution in [1.29, 1.82) is 0 Å². The summed E-state index contributed by atoms with van der Waals surface area (Å²) in [6.45, 7) is 1.87. The summed E-state index contributed by atoms with van der Waals surface area (Å²) in [6, 6.07) is 16.0. The fourth-order valence-electron chi connectivity index (χ4n) is 2.18. The molecule has 0 aliphatic carbocycles. The van der Waals surface area contributed by atoms with E-state index in [0.29, 0.717) is 13.2 Å². The molecule has 0 spiro atoms. The molecule has 3 aromatic rings. The van der Waals surface area contributed by atoms with Gasteiger partial charge in [-0.05, 0) is 23.8 Å². The van der Waals surface area contributed by atoms with Crippen molar-refractivity contribution >= 4 is 10.9 Å². The molecule has 0 saturated carbocycles. The first-order valence-corrected chi connectivity index (χ1v) is 6.69. The Morgan fingerprint density at radius 3 is 2.65 bits per heavy atom. The molecule has 102 valence electrons. The Hall–Kier alpha value is -2.33. The van der Waals surface area contributed by atoms with E-state index in [1.807, 2.05) is 47.3 Å². The number of hydrogen-bond acceptors (Lipinski definition) is 3. The lowest BCUT2D eigenvalue weighted by Gasteiger charge is -2.07. The quantitative estimate of drug-likeness (QED) is 0.773. The first kappa shape index (κ1) is 12.7. The van der Waals surface area contributed by atoms with Gasteiger partial charge in [-0.15, -0.1) is 0 Å². The summed E-state index contributed by atoms with van der Waals surface area (Å²) in [4.78, 5) is 0. The van der Waals surface area contributed by atoms with Gasteiger partial charge in [0.15, 0.2) is 0 Å². The number of nitrogens with two attached hydrogens (primary N) is 1. The van der Waals surface area contributed by atoms with Crippen molar-refractivity contribution in [3.63, 3.8) is 0 Å². The lowest BCUT2D eigenvalue weighted by molar-refractivity contribution is 0.293. The molecule has 0 aliphatic heterocycles. The highest BCUT2D eigenvalue weighted by atomic mass is 16.5. The maximum Gasteiger partial charge on any atom is 0.119 e. The molecule has 4 nitrogen and oxygen atoms in total. The number of nitrogens with zero attached hydrogens (tertiary/aromatic N) is 2. The number of rotatable bonds is 5. The molecule has 0 aliphatic rings. The SMILES string of the molecule is NCc1ccc(OCCn2ncc3ccccc32)cc1. The number of benzene rings is 2. The third-order valence-corrected chi connectivity index (χ3v) is 3.28. The molecule has 1 aromatic heterocycles. The molecule has 0 fully saturated rings. The molecule has 20 heavy (non-hydrogen) atoms. The van der Waals surface area contributed by atoms with E-state index < -0.39 is 0 Å². The van der Waals surface area contributed by atoms with Crippen LogP contribution in [0.4, 0.5) is 0 Å². The Balaban J connectivity index is 1.62. The summed E-state index contributed by atoms with van der Waals surface area (Å²) in [5.41, 5.74) is 7.81. The molecule has 0 saturated heterocycles. The van der Waals surface area contributed by atoms with Crippen LogP contribution in [0.5, 0.6) is 5.75 Å². The van der Waals surface area contributed by atoms with E-state index in [0.717, 1.165) is 28.8 Å². The maximum absolute atomic E-state index is 5.73. The molecule has 4 heteroatoms. The summed E-state index contributed by atoms with van der Waals surface area (Å²) < 4.78 is 7.69. The highest BCUT2D eigenvalue weighted by Crippen LogP contribution is 2.14. The predicted octanol–water partition coefficient (Wildman–Crippen LogP) is 2.57. The van der Waals surface area contributed by atoms with E-state index in [1.165, 1.54) is 0 Å². The van der Waals surface area contributed by atoms with Gasteiger partial charge in [-0.3, -0.25) is 4.68 Å². The molecule has 2 N–H and O–H groups in total. The van der Waals surface area contributed by atoms with Gasteiger partial charge in [0.1, 0.15) is 12.4 Å². The van der Waals surface area contributed by atoms with E-state index in [2.05, 4.69) is 17.2 Å². The van der Waals surface area contributed by atoms with Crippen molar-refractivity contribution in [2.45, 2.75) is 13.1 Å². The normalized spacial score (nSPS) is 10.8. The van der Waals surface area contributed by atoms with Crippen molar-refractivity contribution in [2.24, 2.45) is 5.73 Å². The second kappa shape index (κ2) is 5.75. The van der Waals surface area contributed by atoms with Crippen LogP contribution in [0.15, 0.2) is 54.7 Å². The van der Waals surface area contributed by atoms with Crippen LogP contribution < -0.4 is 10.5 Å². The fraction of sp³-hybridized carbons (Fsp3) is 0.188. The summed E-state index contributed by atoms with van der Waals surface area (Å²) in [6.07, 6.45) is 1.88. The average Bonchev–Trinajstić information content (AvgIpc) is 2.92. The van der Waals surface area contributed by atoms with Gasteiger partial charge in [-0.2, -0.15) is 5.10 Å². The van der Waals surface area contributed by atoms with Crippen LogP contribution >= 0.6 is 0 Å². The molecule has 2 aromatic carbocycles. The Labute approximate surface area is 117 Å². The van der Waals surface area contributed by atoms with Crippen molar-refractivity contribution < 1.29 is 4.74 Å². The number of ether oxygens (including phenoxy) is 1. The van der Waals surface area contributed by atoms with Crippen LogP contribution in [-0.4, -0.2) is 16.4 Å². The minimum atomic E-state index is 0.555. The first-order valence-electron chi connectivity index (χ1n) is 6.69. The van der Waals surface area contributed by atoms with Gasteiger partial charge in [0, 0.05) is 11.9 Å². The zero-order valence-electron chi connectivity index (χ0n) is 11.2.